The first kappa shape index (κ1) is 9.06. The zero-order valence-corrected chi connectivity index (χ0v) is 7.99. The second kappa shape index (κ2) is 3.70. The summed E-state index contributed by atoms with van der Waals surface area (Å²) in [6.45, 7) is 0.799. The molecule has 1 amide bonds. The van der Waals surface area contributed by atoms with Gasteiger partial charge in [0.25, 0.3) is 5.91 Å². The fourth-order valence-electron chi connectivity index (χ4n) is 1.34. The fraction of sp³-hybridized carbons (Fsp3) is 0.364. The first-order valence-corrected chi connectivity index (χ1v) is 4.89. The first-order valence-electron chi connectivity index (χ1n) is 4.89. The molecule has 0 radical (unpaired) electrons. The van der Waals surface area contributed by atoms with Gasteiger partial charge in [0.1, 0.15) is 0 Å². The fourth-order valence-corrected chi connectivity index (χ4v) is 1.34. The number of rotatable bonds is 3. The highest BCUT2D eigenvalue weighted by atomic mass is 16.1. The molecule has 1 aliphatic rings. The van der Waals surface area contributed by atoms with E-state index in [4.69, 9.17) is 5.73 Å². The minimum atomic E-state index is -0.0239. The molecule has 1 saturated carbocycles. The molecular formula is C11H14N2O. The molecule has 74 valence electrons. The molecule has 0 unspecified atom stereocenters. The molecule has 3 N–H and O–H groups in total. The Morgan fingerprint density at radius 3 is 2.93 bits per heavy atom. The van der Waals surface area contributed by atoms with Gasteiger partial charge in [-0.15, -0.1) is 0 Å². The summed E-state index contributed by atoms with van der Waals surface area (Å²) in [4.78, 5) is 11.6. The molecule has 0 atom stereocenters. The predicted molar refractivity (Wildman–Crippen MR) is 55.9 cm³/mol. The molecule has 1 fully saturated rings. The van der Waals surface area contributed by atoms with E-state index >= 15 is 0 Å². The molecule has 2 rings (SSSR count). The highest BCUT2D eigenvalue weighted by Gasteiger charge is 2.21. The summed E-state index contributed by atoms with van der Waals surface area (Å²) >= 11 is 0. The smallest absolute Gasteiger partial charge is 0.251 e. The molecule has 0 aliphatic heterocycles. The lowest BCUT2D eigenvalue weighted by molar-refractivity contribution is 0.0952. The van der Waals surface area contributed by atoms with E-state index in [0.717, 1.165) is 6.54 Å². The van der Waals surface area contributed by atoms with Crippen LogP contribution in [0.5, 0.6) is 0 Å². The van der Waals surface area contributed by atoms with Gasteiger partial charge >= 0.3 is 0 Å². The van der Waals surface area contributed by atoms with Gasteiger partial charge in [0.2, 0.25) is 0 Å². The Morgan fingerprint density at radius 1 is 1.50 bits per heavy atom. The average molecular weight is 190 g/mol. The number of carbonyl (C=O) groups excluding carboxylic acids is 1. The molecule has 1 aromatic rings. The van der Waals surface area contributed by atoms with Crippen LogP contribution in [0.3, 0.4) is 0 Å². The second-order valence-electron chi connectivity index (χ2n) is 3.78. The number of anilines is 1. The van der Waals surface area contributed by atoms with Crippen molar-refractivity contribution >= 4 is 11.6 Å². The quantitative estimate of drug-likeness (QED) is 0.708. The largest absolute Gasteiger partial charge is 0.399 e. The van der Waals surface area contributed by atoms with Crippen LogP contribution in [0.4, 0.5) is 5.69 Å². The van der Waals surface area contributed by atoms with Crippen LogP contribution in [0.15, 0.2) is 24.3 Å². The summed E-state index contributed by atoms with van der Waals surface area (Å²) in [5.74, 6) is 0.684. The predicted octanol–water partition coefficient (Wildman–Crippen LogP) is 1.41. The lowest BCUT2D eigenvalue weighted by Crippen LogP contribution is -2.25. The maximum Gasteiger partial charge on any atom is 0.251 e. The van der Waals surface area contributed by atoms with Crippen LogP contribution < -0.4 is 11.1 Å². The lowest BCUT2D eigenvalue weighted by Gasteiger charge is -2.04. The van der Waals surface area contributed by atoms with Crippen LogP contribution in [0.2, 0.25) is 0 Å². The molecule has 1 aliphatic carbocycles. The third kappa shape index (κ3) is 2.25. The number of nitrogens with one attached hydrogen (secondary N) is 1. The van der Waals surface area contributed by atoms with Gasteiger partial charge in [0.15, 0.2) is 0 Å². The van der Waals surface area contributed by atoms with E-state index in [1.807, 2.05) is 0 Å². The Labute approximate surface area is 83.3 Å². The Morgan fingerprint density at radius 2 is 2.29 bits per heavy atom. The van der Waals surface area contributed by atoms with Crippen molar-refractivity contribution in [3.05, 3.63) is 29.8 Å². The zero-order chi connectivity index (χ0) is 9.97. The van der Waals surface area contributed by atoms with Crippen LogP contribution in [0.25, 0.3) is 0 Å². The van der Waals surface area contributed by atoms with Gasteiger partial charge in [-0.2, -0.15) is 0 Å². The van der Waals surface area contributed by atoms with E-state index in [0.29, 0.717) is 17.2 Å². The summed E-state index contributed by atoms with van der Waals surface area (Å²) in [7, 11) is 0. The van der Waals surface area contributed by atoms with Crippen LogP contribution in [-0.2, 0) is 0 Å². The van der Waals surface area contributed by atoms with E-state index in [1.54, 1.807) is 24.3 Å². The van der Waals surface area contributed by atoms with Gasteiger partial charge in [0.05, 0.1) is 0 Å². The topological polar surface area (TPSA) is 55.1 Å². The first-order chi connectivity index (χ1) is 6.75. The van der Waals surface area contributed by atoms with Gasteiger partial charge in [0, 0.05) is 17.8 Å². The van der Waals surface area contributed by atoms with Gasteiger partial charge in [-0.05, 0) is 37.0 Å². The minimum absolute atomic E-state index is 0.0239. The molecule has 0 saturated heterocycles. The van der Waals surface area contributed by atoms with Crippen molar-refractivity contribution in [2.24, 2.45) is 5.92 Å². The maximum atomic E-state index is 11.6. The molecule has 14 heavy (non-hydrogen) atoms. The summed E-state index contributed by atoms with van der Waals surface area (Å²) in [6, 6.07) is 7.04. The van der Waals surface area contributed by atoms with Gasteiger partial charge in [-0.1, -0.05) is 6.07 Å². The van der Waals surface area contributed by atoms with E-state index in [9.17, 15) is 4.79 Å². The second-order valence-corrected chi connectivity index (χ2v) is 3.78. The Kier molecular flexibility index (Phi) is 2.39. The van der Waals surface area contributed by atoms with E-state index in [-0.39, 0.29) is 5.91 Å². The van der Waals surface area contributed by atoms with Crippen molar-refractivity contribution in [3.63, 3.8) is 0 Å². The van der Waals surface area contributed by atoms with Crippen molar-refractivity contribution in [1.29, 1.82) is 0 Å². The lowest BCUT2D eigenvalue weighted by atomic mass is 10.2. The summed E-state index contributed by atoms with van der Waals surface area (Å²) < 4.78 is 0. The molecule has 0 bridgehead atoms. The van der Waals surface area contributed by atoms with Gasteiger partial charge in [-0.3, -0.25) is 4.79 Å². The van der Waals surface area contributed by atoms with Crippen LogP contribution in [0, 0.1) is 5.92 Å². The number of amides is 1. The number of hydrogen-bond donors (Lipinski definition) is 2. The summed E-state index contributed by atoms with van der Waals surface area (Å²) in [5.41, 5.74) is 6.86. The monoisotopic (exact) mass is 190 g/mol. The third-order valence-electron chi connectivity index (χ3n) is 2.40. The molecule has 1 aromatic carbocycles. The van der Waals surface area contributed by atoms with E-state index in [1.165, 1.54) is 12.8 Å². The Bertz CT molecular complexity index is 345. The number of nitrogens with two attached hydrogens (primary N) is 1. The molecular weight excluding hydrogens is 176 g/mol. The Balaban J connectivity index is 1.95. The average Bonchev–Trinajstić information content (AvgIpc) is 2.97. The molecule has 0 aromatic heterocycles. The highest BCUT2D eigenvalue weighted by Crippen LogP contribution is 2.27. The molecule has 0 spiro atoms. The van der Waals surface area contributed by atoms with Crippen LogP contribution in [0.1, 0.15) is 23.2 Å². The van der Waals surface area contributed by atoms with Crippen LogP contribution in [-0.4, -0.2) is 12.5 Å². The number of nitrogen functional groups attached to an aromatic ring is 1. The van der Waals surface area contributed by atoms with Crippen LogP contribution >= 0.6 is 0 Å². The third-order valence-corrected chi connectivity index (χ3v) is 2.40. The summed E-state index contributed by atoms with van der Waals surface area (Å²) in [5, 5.41) is 2.89. The normalized spacial score (nSPS) is 15.1. The minimum Gasteiger partial charge on any atom is -0.399 e. The SMILES string of the molecule is Nc1cccc(C(=O)NCC2CC2)c1. The maximum absolute atomic E-state index is 11.6. The van der Waals surface area contributed by atoms with Crippen molar-refractivity contribution in [3.8, 4) is 0 Å². The van der Waals surface area contributed by atoms with Crippen molar-refractivity contribution < 1.29 is 4.79 Å². The zero-order valence-electron chi connectivity index (χ0n) is 7.99. The summed E-state index contributed by atoms with van der Waals surface area (Å²) in [6.07, 6.45) is 2.49. The molecule has 0 heterocycles. The molecule has 3 nitrogen and oxygen atoms in total. The molecule has 3 heteroatoms. The van der Waals surface area contributed by atoms with E-state index < -0.39 is 0 Å². The number of hydrogen-bond acceptors (Lipinski definition) is 2. The standard InChI is InChI=1S/C11H14N2O/c12-10-3-1-2-9(6-10)11(14)13-7-8-4-5-8/h1-3,6,8H,4-5,7,12H2,(H,13,14). The number of benzene rings is 1. The van der Waals surface area contributed by atoms with Crippen molar-refractivity contribution in [2.75, 3.05) is 12.3 Å². The number of carbonyl (C=O) groups is 1. The van der Waals surface area contributed by atoms with E-state index in [2.05, 4.69) is 5.32 Å². The van der Waals surface area contributed by atoms with Crippen molar-refractivity contribution in [2.45, 2.75) is 12.8 Å². The van der Waals surface area contributed by atoms with Gasteiger partial charge < -0.3 is 11.1 Å². The van der Waals surface area contributed by atoms with Crippen molar-refractivity contribution in [1.82, 2.24) is 5.32 Å². The Hall–Kier alpha value is -1.51. The highest BCUT2D eigenvalue weighted by molar-refractivity contribution is 5.94. The van der Waals surface area contributed by atoms with Gasteiger partial charge in [-0.25, -0.2) is 0 Å².